The van der Waals surface area contributed by atoms with E-state index in [0.717, 1.165) is 23.1 Å². The molecule has 2 aromatic rings. The first-order valence-electron chi connectivity index (χ1n) is 5.38. The van der Waals surface area contributed by atoms with Crippen molar-refractivity contribution in [2.24, 2.45) is 0 Å². The molecule has 1 aromatic carbocycles. The van der Waals surface area contributed by atoms with Crippen LogP contribution in [-0.2, 0) is 0 Å². The van der Waals surface area contributed by atoms with Crippen molar-refractivity contribution in [3.63, 3.8) is 0 Å². The van der Waals surface area contributed by atoms with Gasteiger partial charge in [-0.1, -0.05) is 11.6 Å². The van der Waals surface area contributed by atoms with E-state index < -0.39 is 6.10 Å². The Bertz CT molecular complexity index is 476. The van der Waals surface area contributed by atoms with Crippen molar-refractivity contribution < 1.29 is 9.52 Å². The lowest BCUT2D eigenvalue weighted by Crippen LogP contribution is -1.96. The minimum atomic E-state index is -0.486. The number of thioether (sulfide) groups is 1. The van der Waals surface area contributed by atoms with Crippen LogP contribution >= 0.6 is 11.8 Å². The first-order chi connectivity index (χ1) is 7.70. The summed E-state index contributed by atoms with van der Waals surface area (Å²) in [6.07, 6.45) is 2.29. The van der Waals surface area contributed by atoms with Gasteiger partial charge < -0.3 is 9.52 Å². The fourth-order valence-electron chi connectivity index (χ4n) is 1.72. The van der Waals surface area contributed by atoms with E-state index in [4.69, 9.17) is 4.42 Å². The van der Waals surface area contributed by atoms with Gasteiger partial charge >= 0.3 is 0 Å². The maximum absolute atomic E-state index is 9.91. The van der Waals surface area contributed by atoms with Crippen molar-refractivity contribution >= 4 is 22.7 Å². The summed E-state index contributed by atoms with van der Waals surface area (Å²) < 4.78 is 5.62. The summed E-state index contributed by atoms with van der Waals surface area (Å²) in [6.45, 7) is 2.05. The molecule has 0 bridgehead atoms. The van der Waals surface area contributed by atoms with Crippen LogP contribution in [-0.4, -0.2) is 17.1 Å². The normalized spacial score (nSPS) is 13.2. The zero-order valence-electron chi connectivity index (χ0n) is 9.56. The van der Waals surface area contributed by atoms with Crippen molar-refractivity contribution in [1.82, 2.24) is 0 Å². The highest BCUT2D eigenvalue weighted by Crippen LogP contribution is 2.26. The van der Waals surface area contributed by atoms with Gasteiger partial charge in [-0.25, -0.2) is 0 Å². The number of aliphatic hydroxyl groups is 1. The van der Waals surface area contributed by atoms with Crippen LogP contribution in [0.2, 0.25) is 0 Å². The molecule has 1 N–H and O–H groups in total. The standard InChI is InChI=1S/C13H16O2S/c1-9-3-4-12-10(7-9)8-13(15-12)11(14)5-6-16-2/h3-4,7-8,11,14H,5-6H2,1-2H3. The molecule has 2 nitrogen and oxygen atoms in total. The molecule has 1 unspecified atom stereocenters. The fourth-order valence-corrected chi connectivity index (χ4v) is 2.18. The Morgan fingerprint density at radius 1 is 1.38 bits per heavy atom. The smallest absolute Gasteiger partial charge is 0.134 e. The summed E-state index contributed by atoms with van der Waals surface area (Å²) in [5, 5.41) is 11.0. The van der Waals surface area contributed by atoms with Gasteiger partial charge in [-0.15, -0.1) is 0 Å². The van der Waals surface area contributed by atoms with Crippen LogP contribution in [0.5, 0.6) is 0 Å². The topological polar surface area (TPSA) is 33.4 Å². The first-order valence-corrected chi connectivity index (χ1v) is 6.77. The molecule has 0 saturated heterocycles. The molecule has 0 aliphatic rings. The minimum absolute atomic E-state index is 0.486. The van der Waals surface area contributed by atoms with Crippen molar-refractivity contribution in [2.45, 2.75) is 19.4 Å². The summed E-state index contributed by atoms with van der Waals surface area (Å²) in [5.41, 5.74) is 2.06. The van der Waals surface area contributed by atoms with E-state index in [1.807, 2.05) is 24.5 Å². The number of furan rings is 1. The van der Waals surface area contributed by atoms with E-state index in [0.29, 0.717) is 5.76 Å². The maximum atomic E-state index is 9.91. The lowest BCUT2D eigenvalue weighted by atomic mass is 10.1. The third kappa shape index (κ3) is 2.42. The van der Waals surface area contributed by atoms with Crippen LogP contribution in [0.25, 0.3) is 11.0 Å². The van der Waals surface area contributed by atoms with Gasteiger partial charge in [0.05, 0.1) is 0 Å². The van der Waals surface area contributed by atoms with Gasteiger partial charge in [-0.3, -0.25) is 0 Å². The summed E-state index contributed by atoms with van der Waals surface area (Å²) in [6, 6.07) is 7.98. The lowest BCUT2D eigenvalue weighted by Gasteiger charge is -2.04. The highest BCUT2D eigenvalue weighted by molar-refractivity contribution is 7.98. The molecule has 3 heteroatoms. The Kier molecular flexibility index (Phi) is 3.56. The zero-order chi connectivity index (χ0) is 11.5. The Hall–Kier alpha value is -0.930. The molecule has 2 rings (SSSR count). The quantitative estimate of drug-likeness (QED) is 0.881. The third-order valence-electron chi connectivity index (χ3n) is 2.61. The van der Waals surface area contributed by atoms with Gasteiger partial charge in [0.2, 0.25) is 0 Å². The van der Waals surface area contributed by atoms with Gasteiger partial charge in [0, 0.05) is 5.39 Å². The molecule has 1 heterocycles. The summed E-state index contributed by atoms with van der Waals surface area (Å²) in [7, 11) is 0. The van der Waals surface area contributed by atoms with Gasteiger partial charge in [0.15, 0.2) is 0 Å². The van der Waals surface area contributed by atoms with Crippen LogP contribution in [0.1, 0.15) is 23.8 Å². The maximum Gasteiger partial charge on any atom is 0.134 e. The second-order valence-electron chi connectivity index (χ2n) is 3.99. The Labute approximate surface area is 99.6 Å². The molecular formula is C13H16O2S. The Morgan fingerprint density at radius 3 is 2.94 bits per heavy atom. The molecule has 0 spiro atoms. The molecular weight excluding hydrogens is 220 g/mol. The molecule has 0 fully saturated rings. The largest absolute Gasteiger partial charge is 0.458 e. The monoisotopic (exact) mass is 236 g/mol. The van der Waals surface area contributed by atoms with Crippen LogP contribution in [0.4, 0.5) is 0 Å². The highest BCUT2D eigenvalue weighted by Gasteiger charge is 2.12. The van der Waals surface area contributed by atoms with Crippen molar-refractivity contribution in [2.75, 3.05) is 12.0 Å². The molecule has 1 atom stereocenters. The summed E-state index contributed by atoms with van der Waals surface area (Å²) in [4.78, 5) is 0. The van der Waals surface area contributed by atoms with Gasteiger partial charge in [-0.2, -0.15) is 11.8 Å². The van der Waals surface area contributed by atoms with Gasteiger partial charge in [0.25, 0.3) is 0 Å². The second-order valence-corrected chi connectivity index (χ2v) is 4.97. The molecule has 0 saturated carbocycles. The molecule has 16 heavy (non-hydrogen) atoms. The average molecular weight is 236 g/mol. The minimum Gasteiger partial charge on any atom is -0.458 e. The fraction of sp³-hybridized carbons (Fsp3) is 0.385. The molecule has 0 aliphatic carbocycles. The van der Waals surface area contributed by atoms with Crippen molar-refractivity contribution in [3.8, 4) is 0 Å². The van der Waals surface area contributed by atoms with E-state index in [9.17, 15) is 5.11 Å². The van der Waals surface area contributed by atoms with Crippen LogP contribution < -0.4 is 0 Å². The highest BCUT2D eigenvalue weighted by atomic mass is 32.2. The van der Waals surface area contributed by atoms with E-state index in [2.05, 4.69) is 13.0 Å². The number of hydrogen-bond donors (Lipinski definition) is 1. The number of rotatable bonds is 4. The molecule has 86 valence electrons. The Balaban J connectivity index is 2.25. The SMILES string of the molecule is CSCCC(O)c1cc2cc(C)ccc2o1. The predicted octanol–water partition coefficient (Wildman–Crippen LogP) is 3.53. The van der Waals surface area contributed by atoms with Crippen LogP contribution in [0.15, 0.2) is 28.7 Å². The summed E-state index contributed by atoms with van der Waals surface area (Å²) >= 11 is 1.73. The predicted molar refractivity (Wildman–Crippen MR) is 68.9 cm³/mol. The Morgan fingerprint density at radius 2 is 2.19 bits per heavy atom. The first kappa shape index (κ1) is 11.6. The molecule has 0 radical (unpaired) electrons. The number of hydrogen-bond acceptors (Lipinski definition) is 3. The number of aliphatic hydroxyl groups excluding tert-OH is 1. The van der Waals surface area contributed by atoms with E-state index in [-0.39, 0.29) is 0 Å². The van der Waals surface area contributed by atoms with Gasteiger partial charge in [0.1, 0.15) is 17.4 Å². The van der Waals surface area contributed by atoms with E-state index >= 15 is 0 Å². The lowest BCUT2D eigenvalue weighted by molar-refractivity contribution is 0.149. The second kappa shape index (κ2) is 4.93. The third-order valence-corrected chi connectivity index (χ3v) is 3.26. The van der Waals surface area contributed by atoms with E-state index in [1.165, 1.54) is 5.56 Å². The van der Waals surface area contributed by atoms with Gasteiger partial charge in [-0.05, 0) is 43.6 Å². The average Bonchev–Trinajstić information content (AvgIpc) is 2.68. The van der Waals surface area contributed by atoms with Crippen LogP contribution in [0, 0.1) is 6.92 Å². The summed E-state index contributed by atoms with van der Waals surface area (Å²) in [5.74, 6) is 1.62. The number of benzene rings is 1. The zero-order valence-corrected chi connectivity index (χ0v) is 10.4. The van der Waals surface area contributed by atoms with Crippen LogP contribution in [0.3, 0.4) is 0 Å². The number of fused-ring (bicyclic) bond motifs is 1. The molecule has 0 aliphatic heterocycles. The van der Waals surface area contributed by atoms with Crippen molar-refractivity contribution in [3.05, 3.63) is 35.6 Å². The number of aryl methyl sites for hydroxylation is 1. The molecule has 0 amide bonds. The van der Waals surface area contributed by atoms with E-state index in [1.54, 1.807) is 11.8 Å². The molecule has 1 aromatic heterocycles. The van der Waals surface area contributed by atoms with Crippen molar-refractivity contribution in [1.29, 1.82) is 0 Å².